The molecule has 0 bridgehead atoms. The molecule has 1 aromatic carbocycles. The van der Waals surface area contributed by atoms with Crippen LogP contribution in [0.1, 0.15) is 12.0 Å². The van der Waals surface area contributed by atoms with E-state index < -0.39 is 0 Å². The molecule has 1 heterocycles. The highest BCUT2D eigenvalue weighted by Crippen LogP contribution is 2.15. The molecule has 0 radical (unpaired) electrons. The van der Waals surface area contributed by atoms with Crippen LogP contribution in [0.4, 0.5) is 0 Å². The van der Waals surface area contributed by atoms with Crippen LogP contribution < -0.4 is 0 Å². The molecule has 0 aromatic heterocycles. The summed E-state index contributed by atoms with van der Waals surface area (Å²) >= 11 is 10.6. The monoisotopic (exact) mass is 241 g/mol. The van der Waals surface area contributed by atoms with Crippen molar-refractivity contribution in [2.75, 3.05) is 5.88 Å². The largest absolute Gasteiger partial charge is 0.323 e. The predicted molar refractivity (Wildman–Crippen MR) is 60.8 cm³/mol. The Morgan fingerprint density at radius 2 is 2.13 bits per heavy atom. The first-order chi connectivity index (χ1) is 7.31. The van der Waals surface area contributed by atoms with Crippen molar-refractivity contribution in [3.8, 4) is 0 Å². The smallest absolute Gasteiger partial charge is 0.199 e. The van der Waals surface area contributed by atoms with Crippen molar-refractivity contribution < 1.29 is 8.95 Å². The Kier molecular flexibility index (Phi) is 3.28. The van der Waals surface area contributed by atoms with Gasteiger partial charge in [-0.3, -0.25) is 0 Å². The van der Waals surface area contributed by atoms with Gasteiger partial charge in [-0.05, 0) is 12.1 Å². The Hall–Kier alpha value is -1.00. The van der Waals surface area contributed by atoms with Crippen molar-refractivity contribution in [1.82, 2.24) is 0 Å². The molecule has 1 aromatic rings. The fraction of sp³-hybridized carbons (Fsp3) is 0.300. The number of hydrogen-bond donors (Lipinski definition) is 0. The molecule has 15 heavy (non-hydrogen) atoms. The summed E-state index contributed by atoms with van der Waals surface area (Å²) in [5.74, 6) is 1.09. The minimum Gasteiger partial charge on any atom is -0.199 e. The zero-order valence-corrected chi connectivity index (χ0v) is 9.54. The molecular formula is C10H10ClN2OS+. The van der Waals surface area contributed by atoms with Crippen LogP contribution in [0, 0.1) is 0 Å². The number of halogens is 1. The first kappa shape index (κ1) is 10.5. The second-order valence-electron chi connectivity index (χ2n) is 3.14. The summed E-state index contributed by atoms with van der Waals surface area (Å²) in [5, 5.41) is 0. The zero-order valence-electron chi connectivity index (χ0n) is 7.97. The summed E-state index contributed by atoms with van der Waals surface area (Å²) in [6, 6.07) is 9.69. The molecule has 1 atom stereocenters. The number of hydrogen-bond acceptors (Lipinski definition) is 3. The molecule has 78 valence electrons. The quantitative estimate of drug-likeness (QED) is 0.598. The molecule has 5 heteroatoms. The number of alkyl halides is 1. The van der Waals surface area contributed by atoms with Gasteiger partial charge in [-0.1, -0.05) is 18.2 Å². The molecule has 0 saturated carbocycles. The van der Waals surface area contributed by atoms with Gasteiger partial charge in [-0.15, -0.1) is 11.6 Å². The normalized spacial score (nSPS) is 19.9. The van der Waals surface area contributed by atoms with E-state index in [1.54, 1.807) is 0 Å². The number of nitrogens with zero attached hydrogens (tertiary/aromatic N) is 2. The number of rotatable bonds is 3. The van der Waals surface area contributed by atoms with Gasteiger partial charge < -0.3 is 0 Å². The summed E-state index contributed by atoms with van der Waals surface area (Å²) in [7, 11) is 0. The van der Waals surface area contributed by atoms with Crippen LogP contribution >= 0.6 is 11.6 Å². The fourth-order valence-electron chi connectivity index (χ4n) is 1.33. The lowest BCUT2D eigenvalue weighted by molar-refractivity contribution is -0.746. The summed E-state index contributed by atoms with van der Waals surface area (Å²) in [6.45, 7) is 0. The molecule has 0 N–H and O–H groups in total. The van der Waals surface area contributed by atoms with E-state index >= 15 is 0 Å². The van der Waals surface area contributed by atoms with Gasteiger partial charge in [-0.25, -0.2) is 0 Å². The van der Waals surface area contributed by atoms with Gasteiger partial charge in [0, 0.05) is 11.4 Å². The first-order valence-electron chi connectivity index (χ1n) is 4.65. The van der Waals surface area contributed by atoms with Gasteiger partial charge in [0.15, 0.2) is 0 Å². The van der Waals surface area contributed by atoms with Crippen LogP contribution in [0.5, 0.6) is 0 Å². The van der Waals surface area contributed by atoms with Gasteiger partial charge in [0.1, 0.15) is 0 Å². The van der Waals surface area contributed by atoms with Gasteiger partial charge in [0.2, 0.25) is 0 Å². The number of aliphatic imine (C=N–C) groups is 1. The standard InChI is InChI=1S/C10H10ClN2OS/c11-7-6-9-12-10(14-13(9)15)8-4-2-1-3-5-8/h1-5,9H,6-7H2/q+1. The maximum atomic E-state index is 5.64. The van der Waals surface area contributed by atoms with E-state index in [1.807, 2.05) is 30.3 Å². The number of hydroxylamine groups is 1. The molecular weight excluding hydrogens is 232 g/mol. The van der Waals surface area contributed by atoms with Gasteiger partial charge in [-0.2, -0.15) is 9.83 Å². The molecule has 1 unspecified atom stereocenters. The second-order valence-corrected chi connectivity index (χ2v) is 3.87. The van der Waals surface area contributed by atoms with E-state index in [-0.39, 0.29) is 6.17 Å². The van der Waals surface area contributed by atoms with Gasteiger partial charge in [0.05, 0.1) is 10.5 Å². The summed E-state index contributed by atoms with van der Waals surface area (Å²) in [5.41, 5.74) is 0.935. The van der Waals surface area contributed by atoms with E-state index in [4.69, 9.17) is 28.9 Å². The molecule has 2 rings (SSSR count). The summed E-state index contributed by atoms with van der Waals surface area (Å²) in [4.78, 5) is 9.71. The lowest BCUT2D eigenvalue weighted by Crippen LogP contribution is -2.16. The molecule has 0 saturated heterocycles. The van der Waals surface area contributed by atoms with Crippen LogP contribution in [0.3, 0.4) is 0 Å². The van der Waals surface area contributed by atoms with Crippen molar-refractivity contribution >= 4 is 29.9 Å². The van der Waals surface area contributed by atoms with E-state index in [1.165, 1.54) is 4.11 Å². The Morgan fingerprint density at radius 1 is 1.40 bits per heavy atom. The van der Waals surface area contributed by atoms with Gasteiger partial charge >= 0.3 is 24.5 Å². The van der Waals surface area contributed by atoms with Crippen LogP contribution in [0.15, 0.2) is 35.3 Å². The van der Waals surface area contributed by atoms with Crippen LogP contribution in [0.2, 0.25) is 0 Å². The Bertz CT molecular complexity index is 394. The van der Waals surface area contributed by atoms with E-state index in [9.17, 15) is 0 Å². The Labute approximate surface area is 98.5 Å². The second kappa shape index (κ2) is 4.68. The summed E-state index contributed by atoms with van der Waals surface area (Å²) < 4.78 is 1.32. The highest BCUT2D eigenvalue weighted by Gasteiger charge is 2.33. The maximum Gasteiger partial charge on any atom is 0.323 e. The Morgan fingerprint density at radius 3 is 2.80 bits per heavy atom. The third kappa shape index (κ3) is 2.33. The lowest BCUT2D eigenvalue weighted by Gasteiger charge is -1.93. The van der Waals surface area contributed by atoms with Crippen molar-refractivity contribution in [2.24, 2.45) is 4.99 Å². The highest BCUT2D eigenvalue weighted by molar-refractivity contribution is 7.44. The number of benzene rings is 1. The average Bonchev–Trinajstić information content (AvgIpc) is 2.63. The van der Waals surface area contributed by atoms with Crippen LogP contribution in [0.25, 0.3) is 0 Å². The summed E-state index contributed by atoms with van der Waals surface area (Å²) in [6.07, 6.45) is 0.550. The van der Waals surface area contributed by atoms with Crippen molar-refractivity contribution in [1.29, 1.82) is 0 Å². The lowest BCUT2D eigenvalue weighted by atomic mass is 10.2. The van der Waals surface area contributed by atoms with Crippen molar-refractivity contribution in [3.63, 3.8) is 0 Å². The van der Waals surface area contributed by atoms with Crippen LogP contribution in [-0.4, -0.2) is 22.1 Å². The molecule has 0 aliphatic carbocycles. The molecule has 1 aliphatic heterocycles. The van der Waals surface area contributed by atoms with Crippen molar-refractivity contribution in [2.45, 2.75) is 12.6 Å². The molecule has 1 aliphatic rings. The topological polar surface area (TPSA) is 24.6 Å². The Balaban J connectivity index is 2.19. The van der Waals surface area contributed by atoms with Gasteiger partial charge in [0.25, 0.3) is 0 Å². The molecule has 0 fully saturated rings. The zero-order chi connectivity index (χ0) is 10.7. The minimum absolute atomic E-state index is 0.146. The third-order valence-corrected chi connectivity index (χ3v) is 2.61. The van der Waals surface area contributed by atoms with E-state index in [0.717, 1.165) is 5.56 Å². The molecule has 3 nitrogen and oxygen atoms in total. The van der Waals surface area contributed by atoms with E-state index in [0.29, 0.717) is 18.2 Å². The van der Waals surface area contributed by atoms with Crippen LogP contribution in [-0.2, 0) is 17.3 Å². The predicted octanol–water partition coefficient (Wildman–Crippen LogP) is 2.08. The molecule has 0 amide bonds. The maximum absolute atomic E-state index is 5.64. The fourth-order valence-corrected chi connectivity index (χ4v) is 1.75. The SMILES string of the molecule is S=[N+]1OC(c2ccccc2)=NC1CCCl. The van der Waals surface area contributed by atoms with E-state index in [2.05, 4.69) is 4.99 Å². The first-order valence-corrected chi connectivity index (χ1v) is 5.55. The third-order valence-electron chi connectivity index (χ3n) is 2.07. The van der Waals surface area contributed by atoms with Crippen molar-refractivity contribution in [3.05, 3.63) is 35.9 Å². The highest BCUT2D eigenvalue weighted by atomic mass is 35.5. The minimum atomic E-state index is -0.146. The average molecular weight is 242 g/mol. The molecule has 0 spiro atoms.